The molecule has 0 bridgehead atoms. The van der Waals surface area contributed by atoms with E-state index in [0.29, 0.717) is 5.69 Å². The number of esters is 1. The van der Waals surface area contributed by atoms with E-state index >= 15 is 0 Å². The van der Waals surface area contributed by atoms with E-state index in [1.807, 2.05) is 6.92 Å². The van der Waals surface area contributed by atoms with Crippen LogP contribution in [0.15, 0.2) is 53.3 Å². The van der Waals surface area contributed by atoms with Gasteiger partial charge in [-0.3, -0.25) is 19.7 Å². The largest absolute Gasteiger partial charge is 0.461 e. The second-order valence-electron chi connectivity index (χ2n) is 6.59. The van der Waals surface area contributed by atoms with E-state index in [1.165, 1.54) is 6.07 Å². The minimum absolute atomic E-state index is 0.0474. The van der Waals surface area contributed by atoms with Crippen molar-refractivity contribution in [2.75, 3.05) is 11.9 Å². The van der Waals surface area contributed by atoms with Crippen molar-refractivity contribution in [1.29, 1.82) is 0 Å². The minimum atomic E-state index is -0.849. The zero-order valence-corrected chi connectivity index (χ0v) is 17.8. The Kier molecular flexibility index (Phi) is 6.64. The van der Waals surface area contributed by atoms with Gasteiger partial charge in [-0.05, 0) is 32.0 Å². The molecule has 1 N–H and O–H groups in total. The summed E-state index contributed by atoms with van der Waals surface area (Å²) in [5, 5.41) is 17.2. The zero-order valence-electron chi connectivity index (χ0n) is 17.0. The molecule has 0 spiro atoms. The van der Waals surface area contributed by atoms with Crippen LogP contribution >= 0.6 is 11.6 Å². The van der Waals surface area contributed by atoms with Crippen molar-refractivity contribution < 1.29 is 19.2 Å². The molecule has 3 aromatic rings. The Balaban J connectivity index is 2.03. The van der Waals surface area contributed by atoms with Gasteiger partial charge in [0.15, 0.2) is 5.69 Å². The lowest BCUT2D eigenvalue weighted by atomic mass is 10.2. The van der Waals surface area contributed by atoms with Crippen LogP contribution in [0.4, 0.5) is 11.4 Å². The summed E-state index contributed by atoms with van der Waals surface area (Å²) in [6, 6.07) is 11.2. The smallest absolute Gasteiger partial charge is 0.360 e. The number of aryl methyl sites for hydroxylation is 1. The molecule has 0 aliphatic carbocycles. The normalized spacial score (nSPS) is 10.5. The number of nitrogens with one attached hydrogen (secondary N) is 1. The Morgan fingerprint density at radius 3 is 2.47 bits per heavy atom. The zero-order chi connectivity index (χ0) is 23.4. The number of nitro groups is 1. The number of ether oxygens (including phenoxy) is 1. The molecule has 0 saturated carbocycles. The fraction of sp³-hybridized carbons (Fsp3) is 0.143. The molecule has 1 heterocycles. The van der Waals surface area contributed by atoms with Gasteiger partial charge < -0.3 is 10.1 Å². The van der Waals surface area contributed by atoms with Crippen molar-refractivity contribution in [2.24, 2.45) is 0 Å². The van der Waals surface area contributed by atoms with Crippen LogP contribution in [0.1, 0.15) is 33.3 Å². The summed E-state index contributed by atoms with van der Waals surface area (Å²) in [7, 11) is 0. The highest BCUT2D eigenvalue weighted by atomic mass is 35.5. The standard InChI is InChI=1S/C21H17ClN4O6/c1-3-32-21(29)19-17(11-18(27)25(24-19)13-6-4-12(2)5-7-13)23-20(28)15-9-8-14(26(30)31)10-16(15)22/h4-11H,3H2,1-2H3,(H,23,28). The van der Waals surface area contributed by atoms with Crippen LogP contribution in [-0.2, 0) is 4.74 Å². The molecular weight excluding hydrogens is 440 g/mol. The molecule has 0 atom stereocenters. The number of carbonyl (C=O) groups excluding carboxylic acids is 2. The van der Waals surface area contributed by atoms with Crippen molar-refractivity contribution >= 4 is 34.9 Å². The molecular formula is C21H17ClN4O6. The highest BCUT2D eigenvalue weighted by molar-refractivity contribution is 6.34. The Bertz CT molecular complexity index is 1270. The maximum absolute atomic E-state index is 12.7. The first-order chi connectivity index (χ1) is 15.2. The number of hydrogen-bond donors (Lipinski definition) is 1. The lowest BCUT2D eigenvalue weighted by Crippen LogP contribution is -2.27. The van der Waals surface area contributed by atoms with E-state index in [4.69, 9.17) is 16.3 Å². The van der Waals surface area contributed by atoms with Crippen LogP contribution in [0.25, 0.3) is 5.69 Å². The second kappa shape index (κ2) is 9.40. The molecule has 0 radical (unpaired) electrons. The summed E-state index contributed by atoms with van der Waals surface area (Å²) in [4.78, 5) is 48.0. The average molecular weight is 457 g/mol. The Hall–Kier alpha value is -4.05. The molecule has 0 unspecified atom stereocenters. The molecule has 2 aromatic carbocycles. The van der Waals surface area contributed by atoms with E-state index < -0.39 is 22.4 Å². The highest BCUT2D eigenvalue weighted by Crippen LogP contribution is 2.24. The molecule has 10 nitrogen and oxygen atoms in total. The number of halogens is 1. The lowest BCUT2D eigenvalue weighted by molar-refractivity contribution is -0.384. The van der Waals surface area contributed by atoms with Gasteiger partial charge >= 0.3 is 5.97 Å². The van der Waals surface area contributed by atoms with Crippen LogP contribution in [0.5, 0.6) is 0 Å². The predicted molar refractivity (Wildman–Crippen MR) is 117 cm³/mol. The van der Waals surface area contributed by atoms with Crippen LogP contribution in [0.2, 0.25) is 5.02 Å². The molecule has 0 aliphatic rings. The molecule has 11 heteroatoms. The molecule has 164 valence electrons. The number of benzene rings is 2. The minimum Gasteiger partial charge on any atom is -0.461 e. The topological polar surface area (TPSA) is 133 Å². The first-order valence-corrected chi connectivity index (χ1v) is 9.73. The fourth-order valence-corrected chi connectivity index (χ4v) is 3.02. The van der Waals surface area contributed by atoms with Crippen molar-refractivity contribution in [3.05, 3.63) is 90.8 Å². The number of nitrogens with zero attached hydrogens (tertiary/aromatic N) is 3. The van der Waals surface area contributed by atoms with E-state index in [2.05, 4.69) is 10.4 Å². The molecule has 3 rings (SSSR count). The third-order valence-electron chi connectivity index (χ3n) is 4.34. The van der Waals surface area contributed by atoms with Gasteiger partial charge in [-0.2, -0.15) is 9.78 Å². The molecule has 0 fully saturated rings. The molecule has 1 amide bonds. The average Bonchev–Trinajstić information content (AvgIpc) is 2.74. The van der Waals surface area contributed by atoms with Gasteiger partial charge in [0.25, 0.3) is 17.2 Å². The Morgan fingerprint density at radius 2 is 1.88 bits per heavy atom. The number of anilines is 1. The number of amides is 1. The fourth-order valence-electron chi connectivity index (χ4n) is 2.76. The number of carbonyl (C=O) groups is 2. The third kappa shape index (κ3) is 4.81. The third-order valence-corrected chi connectivity index (χ3v) is 4.65. The number of aromatic nitrogens is 2. The lowest BCUT2D eigenvalue weighted by Gasteiger charge is -2.13. The molecule has 0 saturated heterocycles. The Labute approximate surface area is 186 Å². The summed E-state index contributed by atoms with van der Waals surface area (Å²) >= 11 is 6.00. The van der Waals surface area contributed by atoms with Gasteiger partial charge in [-0.15, -0.1) is 0 Å². The summed E-state index contributed by atoms with van der Waals surface area (Å²) in [5.41, 5.74) is -0.0729. The van der Waals surface area contributed by atoms with Crippen LogP contribution in [-0.4, -0.2) is 33.2 Å². The monoisotopic (exact) mass is 456 g/mol. The van der Waals surface area contributed by atoms with Gasteiger partial charge in [-0.25, -0.2) is 4.79 Å². The number of hydrogen-bond acceptors (Lipinski definition) is 7. The van der Waals surface area contributed by atoms with Crippen molar-refractivity contribution in [3.8, 4) is 5.69 Å². The summed E-state index contributed by atoms with van der Waals surface area (Å²) in [5.74, 6) is -1.64. The number of non-ortho nitro benzene ring substituents is 1. The number of rotatable bonds is 6. The van der Waals surface area contributed by atoms with Crippen LogP contribution < -0.4 is 10.9 Å². The quantitative estimate of drug-likeness (QED) is 0.340. The van der Waals surface area contributed by atoms with E-state index in [9.17, 15) is 24.5 Å². The van der Waals surface area contributed by atoms with Gasteiger partial charge in [0.2, 0.25) is 0 Å². The first kappa shape index (κ1) is 22.6. The van der Waals surface area contributed by atoms with E-state index in [1.54, 1.807) is 31.2 Å². The van der Waals surface area contributed by atoms with Gasteiger partial charge in [0.1, 0.15) is 0 Å². The SMILES string of the molecule is CCOC(=O)c1nn(-c2ccc(C)cc2)c(=O)cc1NC(=O)c1ccc([N+](=O)[O-])cc1Cl. The molecule has 32 heavy (non-hydrogen) atoms. The van der Waals surface area contributed by atoms with Gasteiger partial charge in [0.05, 0.1) is 33.5 Å². The van der Waals surface area contributed by atoms with Crippen LogP contribution in [0, 0.1) is 17.0 Å². The summed E-state index contributed by atoms with van der Waals surface area (Å²) in [6.45, 7) is 3.53. The first-order valence-electron chi connectivity index (χ1n) is 9.35. The maximum Gasteiger partial charge on any atom is 0.360 e. The van der Waals surface area contributed by atoms with Crippen molar-refractivity contribution in [1.82, 2.24) is 9.78 Å². The van der Waals surface area contributed by atoms with Crippen LogP contribution in [0.3, 0.4) is 0 Å². The summed E-state index contributed by atoms with van der Waals surface area (Å²) < 4.78 is 6.02. The van der Waals surface area contributed by atoms with Crippen molar-refractivity contribution in [2.45, 2.75) is 13.8 Å². The van der Waals surface area contributed by atoms with E-state index in [-0.39, 0.29) is 34.3 Å². The van der Waals surface area contributed by atoms with E-state index in [0.717, 1.165) is 28.4 Å². The highest BCUT2D eigenvalue weighted by Gasteiger charge is 2.22. The van der Waals surface area contributed by atoms with Gasteiger partial charge in [-0.1, -0.05) is 29.3 Å². The molecule has 1 aromatic heterocycles. The number of nitro benzene ring substituents is 1. The second-order valence-corrected chi connectivity index (χ2v) is 7.00. The summed E-state index contributed by atoms with van der Waals surface area (Å²) in [6.07, 6.45) is 0. The molecule has 0 aliphatic heterocycles. The predicted octanol–water partition coefficient (Wildman–Crippen LogP) is 3.53. The van der Waals surface area contributed by atoms with Crippen molar-refractivity contribution in [3.63, 3.8) is 0 Å². The maximum atomic E-state index is 12.7. The Morgan fingerprint density at radius 1 is 1.19 bits per heavy atom. The van der Waals surface area contributed by atoms with Gasteiger partial charge in [0, 0.05) is 18.2 Å².